The number of aromatic nitrogens is 2. The van der Waals surface area contributed by atoms with E-state index < -0.39 is 18.3 Å². The molecule has 0 spiro atoms. The zero-order chi connectivity index (χ0) is 14.3. The summed E-state index contributed by atoms with van der Waals surface area (Å²) in [6.45, 7) is 7.84. The van der Waals surface area contributed by atoms with E-state index in [1.54, 1.807) is 6.33 Å². The molecule has 1 N–H and O–H groups in total. The maximum absolute atomic E-state index is 9.53. The van der Waals surface area contributed by atoms with Crippen LogP contribution in [0.2, 0.25) is 0 Å². The first-order valence-corrected chi connectivity index (χ1v) is 6.40. The van der Waals surface area contributed by atoms with E-state index >= 15 is 0 Å². The number of aliphatic hydroxyl groups is 1. The maximum Gasteiger partial charge on any atom is 0.492 e. The molecule has 0 saturated carbocycles. The second-order valence-corrected chi connectivity index (χ2v) is 5.93. The van der Waals surface area contributed by atoms with Crippen molar-refractivity contribution in [1.29, 1.82) is 0 Å². The molecular formula is C13H21BN2O3. The summed E-state index contributed by atoms with van der Waals surface area (Å²) < 4.78 is 13.7. The van der Waals surface area contributed by atoms with Gasteiger partial charge in [0.2, 0.25) is 0 Å². The van der Waals surface area contributed by atoms with Crippen LogP contribution in [-0.2, 0) is 16.4 Å². The van der Waals surface area contributed by atoms with Crippen molar-refractivity contribution in [1.82, 2.24) is 9.55 Å². The maximum atomic E-state index is 9.53. The van der Waals surface area contributed by atoms with Crippen LogP contribution in [-0.4, -0.2) is 39.6 Å². The normalized spacial score (nSPS) is 22.0. The quantitative estimate of drug-likeness (QED) is 0.839. The third-order valence-electron chi connectivity index (χ3n) is 3.80. The van der Waals surface area contributed by atoms with Gasteiger partial charge in [-0.25, -0.2) is 4.98 Å². The lowest BCUT2D eigenvalue weighted by Crippen LogP contribution is -2.41. The van der Waals surface area contributed by atoms with Crippen molar-refractivity contribution in [2.24, 2.45) is 7.05 Å². The van der Waals surface area contributed by atoms with Crippen molar-refractivity contribution in [3.8, 4) is 0 Å². The molecule has 0 bridgehead atoms. The van der Waals surface area contributed by atoms with Crippen molar-refractivity contribution < 1.29 is 14.4 Å². The van der Waals surface area contributed by atoms with Gasteiger partial charge in [0.1, 0.15) is 0 Å². The molecule has 5 nitrogen and oxygen atoms in total. The van der Waals surface area contributed by atoms with Crippen LogP contribution in [0.5, 0.6) is 0 Å². The van der Waals surface area contributed by atoms with E-state index in [-0.39, 0.29) is 6.61 Å². The largest absolute Gasteiger partial charge is 0.492 e. The van der Waals surface area contributed by atoms with Crippen LogP contribution in [0.4, 0.5) is 0 Å². The van der Waals surface area contributed by atoms with Crippen LogP contribution < -0.4 is 0 Å². The summed E-state index contributed by atoms with van der Waals surface area (Å²) in [6, 6.07) is 0. The Hall–Kier alpha value is -1.11. The number of aliphatic hydroxyl groups excluding tert-OH is 1. The lowest BCUT2D eigenvalue weighted by atomic mass is 9.78. The van der Waals surface area contributed by atoms with Crippen molar-refractivity contribution >= 4 is 13.2 Å². The summed E-state index contributed by atoms with van der Waals surface area (Å²) >= 11 is 0. The summed E-state index contributed by atoms with van der Waals surface area (Å²) in [6.07, 6.45) is 5.40. The van der Waals surface area contributed by atoms with Gasteiger partial charge in [-0.15, -0.1) is 0 Å². The summed E-state index contributed by atoms with van der Waals surface area (Å²) in [5.41, 5.74) is 0.644. The van der Waals surface area contributed by atoms with Gasteiger partial charge in [-0.2, -0.15) is 0 Å². The van der Waals surface area contributed by atoms with Crippen LogP contribution in [0, 0.1) is 0 Å². The van der Waals surface area contributed by atoms with Gasteiger partial charge < -0.3 is 19.0 Å². The zero-order valence-electron chi connectivity index (χ0n) is 12.2. The highest BCUT2D eigenvalue weighted by Gasteiger charge is 2.52. The average Bonchev–Trinajstić information content (AvgIpc) is 2.78. The lowest BCUT2D eigenvalue weighted by molar-refractivity contribution is 0.00578. The van der Waals surface area contributed by atoms with E-state index in [9.17, 15) is 5.11 Å². The Morgan fingerprint density at radius 3 is 2.37 bits per heavy atom. The molecule has 0 aromatic carbocycles. The van der Waals surface area contributed by atoms with E-state index in [1.165, 1.54) is 0 Å². The first-order chi connectivity index (χ1) is 8.75. The topological polar surface area (TPSA) is 56.5 Å². The molecule has 2 rings (SSSR count). The number of hydrogen-bond acceptors (Lipinski definition) is 4. The highest BCUT2D eigenvalue weighted by atomic mass is 16.7. The van der Waals surface area contributed by atoms with E-state index in [0.717, 1.165) is 5.69 Å². The number of rotatable bonds is 3. The van der Waals surface area contributed by atoms with Gasteiger partial charge in [0.25, 0.3) is 0 Å². The van der Waals surface area contributed by atoms with E-state index in [1.807, 2.05) is 51.6 Å². The summed E-state index contributed by atoms with van der Waals surface area (Å²) in [5.74, 6) is 0. The minimum Gasteiger partial charge on any atom is -0.400 e. The molecule has 104 valence electrons. The smallest absolute Gasteiger partial charge is 0.400 e. The van der Waals surface area contributed by atoms with Gasteiger partial charge in [-0.1, -0.05) is 0 Å². The Morgan fingerprint density at radius 1 is 1.37 bits per heavy atom. The number of nitrogens with zero attached hydrogens (tertiary/aromatic N) is 2. The monoisotopic (exact) mass is 264 g/mol. The third kappa shape index (κ3) is 2.75. The van der Waals surface area contributed by atoms with Gasteiger partial charge in [-0.3, -0.25) is 0 Å². The van der Waals surface area contributed by atoms with Crippen molar-refractivity contribution in [3.05, 3.63) is 23.7 Å². The fourth-order valence-electron chi connectivity index (χ4n) is 1.88. The fraction of sp³-hybridized carbons (Fsp3) is 0.615. The predicted octanol–water partition coefficient (Wildman–Crippen LogP) is 1.43. The van der Waals surface area contributed by atoms with E-state index in [2.05, 4.69) is 4.98 Å². The molecule has 1 aromatic rings. The molecule has 0 amide bonds. The Bertz CT molecular complexity index is 478. The summed E-state index contributed by atoms with van der Waals surface area (Å²) in [4.78, 5) is 4.21. The van der Waals surface area contributed by atoms with Gasteiger partial charge in [0.05, 0.1) is 29.8 Å². The molecule has 1 aromatic heterocycles. The Morgan fingerprint density at radius 2 is 1.95 bits per heavy atom. The molecule has 1 aliphatic rings. The van der Waals surface area contributed by atoms with Gasteiger partial charge in [0, 0.05) is 13.2 Å². The molecule has 0 radical (unpaired) electrons. The zero-order valence-corrected chi connectivity index (χ0v) is 12.2. The molecule has 2 heterocycles. The minimum atomic E-state index is -0.531. The molecule has 6 heteroatoms. The molecule has 19 heavy (non-hydrogen) atoms. The summed E-state index contributed by atoms with van der Waals surface area (Å²) in [7, 11) is 1.37. The van der Waals surface area contributed by atoms with E-state index in [0.29, 0.717) is 5.47 Å². The molecular weight excluding hydrogens is 243 g/mol. The first kappa shape index (κ1) is 14.3. The van der Waals surface area contributed by atoms with Crippen molar-refractivity contribution in [2.45, 2.75) is 38.9 Å². The fourth-order valence-corrected chi connectivity index (χ4v) is 1.88. The van der Waals surface area contributed by atoms with Crippen LogP contribution in [0.3, 0.4) is 0 Å². The molecule has 1 fully saturated rings. The average molecular weight is 264 g/mol. The first-order valence-electron chi connectivity index (χ1n) is 6.40. The van der Waals surface area contributed by atoms with Crippen molar-refractivity contribution in [3.63, 3.8) is 0 Å². The SMILES string of the molecule is Cn1cnc(C=C(CO)B2OC(C)(C)C(C)(C)O2)c1. The van der Waals surface area contributed by atoms with Crippen LogP contribution >= 0.6 is 0 Å². The van der Waals surface area contributed by atoms with Crippen LogP contribution in [0.25, 0.3) is 6.08 Å². The van der Waals surface area contributed by atoms with Gasteiger partial charge >= 0.3 is 7.12 Å². The standard InChI is InChI=1S/C13H21BN2O3/c1-12(2)13(3,4)19-14(18-12)10(8-17)6-11-7-16(5)9-15-11/h6-7,9,17H,8H2,1-5H3. The van der Waals surface area contributed by atoms with Crippen molar-refractivity contribution in [2.75, 3.05) is 6.61 Å². The molecule has 1 aliphatic heterocycles. The predicted molar refractivity (Wildman–Crippen MR) is 74.4 cm³/mol. The lowest BCUT2D eigenvalue weighted by Gasteiger charge is -2.32. The van der Waals surface area contributed by atoms with E-state index in [4.69, 9.17) is 9.31 Å². The Balaban J connectivity index is 2.23. The highest BCUT2D eigenvalue weighted by Crippen LogP contribution is 2.38. The highest BCUT2D eigenvalue weighted by molar-refractivity contribution is 6.55. The molecule has 0 aliphatic carbocycles. The van der Waals surface area contributed by atoms with Gasteiger partial charge in [0.15, 0.2) is 0 Å². The number of imidazole rings is 1. The number of hydrogen-bond donors (Lipinski definition) is 1. The third-order valence-corrected chi connectivity index (χ3v) is 3.80. The molecule has 1 saturated heterocycles. The molecule has 0 unspecified atom stereocenters. The number of aryl methyl sites for hydroxylation is 1. The second kappa shape index (κ2) is 4.78. The van der Waals surface area contributed by atoms with Crippen LogP contribution in [0.15, 0.2) is 18.0 Å². The Labute approximate surface area is 114 Å². The Kier molecular flexibility index (Phi) is 3.60. The van der Waals surface area contributed by atoms with Crippen LogP contribution in [0.1, 0.15) is 33.4 Å². The summed E-state index contributed by atoms with van der Waals surface area (Å²) in [5, 5.41) is 9.53. The van der Waals surface area contributed by atoms with Gasteiger partial charge in [-0.05, 0) is 39.2 Å². The second-order valence-electron chi connectivity index (χ2n) is 5.93. The molecule has 0 atom stereocenters. The minimum absolute atomic E-state index is 0.118.